The molecule has 1 aromatic heterocycles. The van der Waals surface area contributed by atoms with Gasteiger partial charge in [-0.15, -0.1) is 0 Å². The third kappa shape index (κ3) is 3.47. The number of nitrogens with zero attached hydrogens (tertiary/aromatic N) is 1. The lowest BCUT2D eigenvalue weighted by molar-refractivity contribution is -0.118. The van der Waals surface area contributed by atoms with Crippen molar-refractivity contribution in [3.05, 3.63) is 23.4 Å². The van der Waals surface area contributed by atoms with E-state index >= 15 is 0 Å². The van der Waals surface area contributed by atoms with E-state index in [-0.39, 0.29) is 11.8 Å². The van der Waals surface area contributed by atoms with Gasteiger partial charge < -0.3 is 11.1 Å². The van der Waals surface area contributed by atoms with Crippen LogP contribution in [0.3, 0.4) is 0 Å². The van der Waals surface area contributed by atoms with Crippen LogP contribution < -0.4 is 11.1 Å². The standard InChI is InChI=1S/C11H16ClN3O/c1-3-7(2)10(13)11(16)15-9-6-4-5-8(12)14-9/h4-7,10H,3,13H2,1-2H3,(H,14,15,16)/t7?,10-/m0/s1. The van der Waals surface area contributed by atoms with Gasteiger partial charge in [0.05, 0.1) is 6.04 Å². The number of amides is 1. The Labute approximate surface area is 100 Å². The summed E-state index contributed by atoms with van der Waals surface area (Å²) in [6.07, 6.45) is 0.859. The van der Waals surface area contributed by atoms with Gasteiger partial charge in [0, 0.05) is 0 Å². The number of pyridine rings is 1. The summed E-state index contributed by atoms with van der Waals surface area (Å²) in [5.74, 6) is 0.333. The Morgan fingerprint density at radius 1 is 1.62 bits per heavy atom. The lowest BCUT2D eigenvalue weighted by Gasteiger charge is -2.17. The molecule has 1 heterocycles. The molecule has 1 unspecified atom stereocenters. The highest BCUT2D eigenvalue weighted by molar-refractivity contribution is 6.29. The minimum atomic E-state index is -0.522. The topological polar surface area (TPSA) is 68.0 Å². The molecule has 1 aromatic rings. The average molecular weight is 242 g/mol. The summed E-state index contributed by atoms with van der Waals surface area (Å²) in [7, 11) is 0. The van der Waals surface area contributed by atoms with Gasteiger partial charge in [0.25, 0.3) is 0 Å². The number of hydrogen-bond acceptors (Lipinski definition) is 3. The van der Waals surface area contributed by atoms with Crippen LogP contribution in [-0.2, 0) is 4.79 Å². The number of carbonyl (C=O) groups excluding carboxylic acids is 1. The number of rotatable bonds is 4. The summed E-state index contributed by atoms with van der Waals surface area (Å²) >= 11 is 5.70. The zero-order valence-corrected chi connectivity index (χ0v) is 10.2. The largest absolute Gasteiger partial charge is 0.320 e. The van der Waals surface area contributed by atoms with Crippen LogP contribution in [0.4, 0.5) is 5.82 Å². The van der Waals surface area contributed by atoms with Crippen molar-refractivity contribution in [3.8, 4) is 0 Å². The maximum Gasteiger partial charge on any atom is 0.242 e. The Bertz CT molecular complexity index is 370. The molecule has 0 bridgehead atoms. The van der Waals surface area contributed by atoms with E-state index in [1.165, 1.54) is 0 Å². The van der Waals surface area contributed by atoms with E-state index < -0.39 is 6.04 Å². The fraction of sp³-hybridized carbons (Fsp3) is 0.455. The van der Waals surface area contributed by atoms with Crippen LogP contribution in [0.5, 0.6) is 0 Å². The molecular formula is C11H16ClN3O. The van der Waals surface area contributed by atoms with Crippen LogP contribution >= 0.6 is 11.6 Å². The van der Waals surface area contributed by atoms with Gasteiger partial charge in [-0.25, -0.2) is 4.98 Å². The second-order valence-corrected chi connectivity index (χ2v) is 4.13. The summed E-state index contributed by atoms with van der Waals surface area (Å²) in [6.45, 7) is 3.94. The normalized spacial score (nSPS) is 14.2. The van der Waals surface area contributed by atoms with Crippen LogP contribution in [0, 0.1) is 5.92 Å². The Hall–Kier alpha value is -1.13. The molecule has 1 amide bonds. The molecule has 16 heavy (non-hydrogen) atoms. The second-order valence-electron chi connectivity index (χ2n) is 3.75. The van der Waals surface area contributed by atoms with Gasteiger partial charge in [0.1, 0.15) is 11.0 Å². The highest BCUT2D eigenvalue weighted by Crippen LogP contribution is 2.11. The van der Waals surface area contributed by atoms with Crippen molar-refractivity contribution >= 4 is 23.3 Å². The number of nitrogens with two attached hydrogens (primary N) is 1. The van der Waals surface area contributed by atoms with Gasteiger partial charge in [-0.2, -0.15) is 0 Å². The third-order valence-corrected chi connectivity index (χ3v) is 2.74. The molecular weight excluding hydrogens is 226 g/mol. The second kappa shape index (κ2) is 5.82. The Balaban J connectivity index is 2.64. The highest BCUT2D eigenvalue weighted by atomic mass is 35.5. The van der Waals surface area contributed by atoms with Crippen LogP contribution in [0.15, 0.2) is 18.2 Å². The van der Waals surface area contributed by atoms with Gasteiger partial charge in [0.2, 0.25) is 5.91 Å². The van der Waals surface area contributed by atoms with Crippen molar-refractivity contribution in [3.63, 3.8) is 0 Å². The summed E-state index contributed by atoms with van der Waals surface area (Å²) < 4.78 is 0. The highest BCUT2D eigenvalue weighted by Gasteiger charge is 2.19. The molecule has 0 aliphatic carbocycles. The SMILES string of the molecule is CCC(C)[C@H](N)C(=O)Nc1cccc(Cl)n1. The van der Waals surface area contributed by atoms with Crippen LogP contribution in [-0.4, -0.2) is 16.9 Å². The Morgan fingerprint density at radius 3 is 2.88 bits per heavy atom. The molecule has 4 nitrogen and oxygen atoms in total. The Kier molecular flexibility index (Phi) is 4.71. The molecule has 0 saturated carbocycles. The maximum absolute atomic E-state index is 11.7. The zero-order valence-electron chi connectivity index (χ0n) is 9.40. The minimum Gasteiger partial charge on any atom is -0.320 e. The first-order valence-corrected chi connectivity index (χ1v) is 5.61. The number of aromatic nitrogens is 1. The van der Waals surface area contributed by atoms with Crippen molar-refractivity contribution in [2.45, 2.75) is 26.3 Å². The van der Waals surface area contributed by atoms with Crippen LogP contribution in [0.2, 0.25) is 5.15 Å². The fourth-order valence-electron chi connectivity index (χ4n) is 1.20. The molecule has 5 heteroatoms. The van der Waals surface area contributed by atoms with Gasteiger partial charge in [-0.05, 0) is 18.1 Å². The minimum absolute atomic E-state index is 0.138. The zero-order chi connectivity index (χ0) is 12.1. The van der Waals surface area contributed by atoms with E-state index in [2.05, 4.69) is 10.3 Å². The van der Waals surface area contributed by atoms with E-state index in [4.69, 9.17) is 17.3 Å². The smallest absolute Gasteiger partial charge is 0.242 e. The number of halogens is 1. The molecule has 0 spiro atoms. The molecule has 0 radical (unpaired) electrons. The maximum atomic E-state index is 11.7. The lowest BCUT2D eigenvalue weighted by atomic mass is 9.99. The van der Waals surface area contributed by atoms with Gasteiger partial charge in [-0.1, -0.05) is 37.9 Å². The number of hydrogen-bond donors (Lipinski definition) is 2. The number of nitrogens with one attached hydrogen (secondary N) is 1. The lowest BCUT2D eigenvalue weighted by Crippen LogP contribution is -2.40. The number of carbonyl (C=O) groups is 1. The van der Waals surface area contributed by atoms with Crippen LogP contribution in [0.25, 0.3) is 0 Å². The first-order chi connectivity index (χ1) is 7.54. The van der Waals surface area contributed by atoms with Crippen LogP contribution in [0.1, 0.15) is 20.3 Å². The first kappa shape index (κ1) is 12.9. The summed E-state index contributed by atoms with van der Waals surface area (Å²) in [4.78, 5) is 15.7. The van der Waals surface area contributed by atoms with E-state index in [9.17, 15) is 4.79 Å². The molecule has 0 aliphatic heterocycles. The van der Waals surface area contributed by atoms with Crippen molar-refractivity contribution in [2.24, 2.45) is 11.7 Å². The molecule has 88 valence electrons. The van der Waals surface area contributed by atoms with Gasteiger partial charge >= 0.3 is 0 Å². The van der Waals surface area contributed by atoms with Crippen molar-refractivity contribution in [1.29, 1.82) is 0 Å². The quantitative estimate of drug-likeness (QED) is 0.793. The van der Waals surface area contributed by atoms with Crippen molar-refractivity contribution < 1.29 is 4.79 Å². The predicted molar refractivity (Wildman–Crippen MR) is 65.3 cm³/mol. The molecule has 1 rings (SSSR count). The number of anilines is 1. The fourth-order valence-corrected chi connectivity index (χ4v) is 1.36. The van der Waals surface area contributed by atoms with Crippen molar-refractivity contribution in [2.75, 3.05) is 5.32 Å². The predicted octanol–water partition coefficient (Wildman–Crippen LogP) is 2.05. The summed E-state index contributed by atoms with van der Waals surface area (Å²) in [5, 5.41) is 2.98. The first-order valence-electron chi connectivity index (χ1n) is 5.23. The third-order valence-electron chi connectivity index (χ3n) is 2.53. The van der Waals surface area contributed by atoms with E-state index in [1.807, 2.05) is 13.8 Å². The molecule has 3 N–H and O–H groups in total. The average Bonchev–Trinajstić information content (AvgIpc) is 2.27. The molecule has 0 aromatic carbocycles. The molecule has 2 atom stereocenters. The Morgan fingerprint density at radius 2 is 2.31 bits per heavy atom. The van der Waals surface area contributed by atoms with Crippen molar-refractivity contribution in [1.82, 2.24) is 4.98 Å². The summed E-state index contributed by atoms with van der Waals surface area (Å²) in [5.41, 5.74) is 5.78. The van der Waals surface area contributed by atoms with Gasteiger partial charge in [0.15, 0.2) is 0 Å². The molecule has 0 saturated heterocycles. The molecule has 0 fully saturated rings. The molecule has 0 aliphatic rings. The van der Waals surface area contributed by atoms with E-state index in [0.29, 0.717) is 11.0 Å². The van der Waals surface area contributed by atoms with Gasteiger partial charge in [-0.3, -0.25) is 4.79 Å². The summed E-state index contributed by atoms with van der Waals surface area (Å²) in [6, 6.07) is 4.52. The van der Waals surface area contributed by atoms with E-state index in [1.54, 1.807) is 18.2 Å². The monoisotopic (exact) mass is 241 g/mol. The van der Waals surface area contributed by atoms with E-state index in [0.717, 1.165) is 6.42 Å².